The molecule has 0 aromatic carbocycles. The monoisotopic (exact) mass is 239 g/mol. The van der Waals surface area contributed by atoms with Gasteiger partial charge < -0.3 is 5.32 Å². The van der Waals surface area contributed by atoms with E-state index in [1.807, 2.05) is 6.92 Å². The molecule has 0 aliphatic rings. The summed E-state index contributed by atoms with van der Waals surface area (Å²) in [6.45, 7) is 2.87. The van der Waals surface area contributed by atoms with Crippen LogP contribution in [-0.2, 0) is 0 Å². The lowest BCUT2D eigenvalue weighted by atomic mass is 10.7. The van der Waals surface area contributed by atoms with Crippen molar-refractivity contribution in [3.05, 3.63) is 18.5 Å². The lowest BCUT2D eigenvalue weighted by Crippen LogP contribution is -1.94. The van der Waals surface area contributed by atoms with Gasteiger partial charge in [0.05, 0.1) is 0 Å². The molecule has 7 heteroatoms. The van der Waals surface area contributed by atoms with Gasteiger partial charge in [-0.2, -0.15) is 0 Å². The first-order chi connectivity index (χ1) is 7.38. The zero-order chi connectivity index (χ0) is 10.5. The van der Waals surface area contributed by atoms with E-state index in [2.05, 4.69) is 25.5 Å². The molecule has 0 fully saturated rings. The molecule has 0 aliphatic heterocycles. The van der Waals surface area contributed by atoms with Gasteiger partial charge in [0, 0.05) is 18.9 Å². The Bertz CT molecular complexity index is 416. The molecule has 0 saturated carbocycles. The number of anilines is 1. The van der Waals surface area contributed by atoms with Crippen molar-refractivity contribution in [2.75, 3.05) is 11.9 Å². The lowest BCUT2D eigenvalue weighted by molar-refractivity contribution is 0.953. The van der Waals surface area contributed by atoms with Crippen LogP contribution in [0.2, 0.25) is 0 Å². The Balaban J connectivity index is 2.05. The van der Waals surface area contributed by atoms with Gasteiger partial charge in [-0.3, -0.25) is 0 Å². The summed E-state index contributed by atoms with van der Waals surface area (Å²) in [4.78, 5) is 8.20. The average Bonchev–Trinajstić information content (AvgIpc) is 2.68. The summed E-state index contributed by atoms with van der Waals surface area (Å²) in [6.07, 6.45) is 3.42. The lowest BCUT2D eigenvalue weighted by Gasteiger charge is -1.93. The predicted octanol–water partition coefficient (Wildman–Crippen LogP) is 1.91. The molecule has 2 heterocycles. The zero-order valence-electron chi connectivity index (χ0n) is 8.04. The molecule has 0 atom stereocenters. The van der Waals surface area contributed by atoms with Crippen molar-refractivity contribution in [1.29, 1.82) is 0 Å². The van der Waals surface area contributed by atoms with Crippen molar-refractivity contribution in [2.24, 2.45) is 0 Å². The van der Waals surface area contributed by atoms with Crippen molar-refractivity contribution in [3.8, 4) is 0 Å². The van der Waals surface area contributed by atoms with Crippen molar-refractivity contribution >= 4 is 28.2 Å². The largest absolute Gasteiger partial charge is 0.360 e. The normalized spacial score (nSPS) is 10.2. The third-order valence-corrected chi connectivity index (χ3v) is 3.28. The average molecular weight is 239 g/mol. The molecule has 0 amide bonds. The van der Waals surface area contributed by atoms with Crippen molar-refractivity contribution in [1.82, 2.24) is 20.2 Å². The maximum Gasteiger partial charge on any atom is 0.206 e. The second-order valence-corrected chi connectivity index (χ2v) is 4.73. The molecule has 0 aliphatic carbocycles. The molecule has 15 heavy (non-hydrogen) atoms. The Labute approximate surface area is 95.4 Å². The highest BCUT2D eigenvalue weighted by atomic mass is 32.2. The van der Waals surface area contributed by atoms with Crippen LogP contribution < -0.4 is 5.32 Å². The third kappa shape index (κ3) is 2.87. The van der Waals surface area contributed by atoms with Gasteiger partial charge in [0.1, 0.15) is 0 Å². The van der Waals surface area contributed by atoms with E-state index in [1.165, 1.54) is 23.1 Å². The second-order valence-electron chi connectivity index (χ2n) is 2.54. The van der Waals surface area contributed by atoms with E-state index >= 15 is 0 Å². The van der Waals surface area contributed by atoms with E-state index in [4.69, 9.17) is 0 Å². The molecule has 0 bridgehead atoms. The fourth-order valence-electron chi connectivity index (χ4n) is 0.890. The van der Waals surface area contributed by atoms with E-state index in [-0.39, 0.29) is 0 Å². The smallest absolute Gasteiger partial charge is 0.206 e. The minimum atomic E-state index is 0.691. The third-order valence-electron chi connectivity index (χ3n) is 1.46. The molecule has 2 aromatic rings. The summed E-state index contributed by atoms with van der Waals surface area (Å²) in [5.74, 6) is 0. The molecule has 0 radical (unpaired) electrons. The van der Waals surface area contributed by atoms with Gasteiger partial charge in [-0.1, -0.05) is 11.3 Å². The van der Waals surface area contributed by atoms with Crippen LogP contribution in [0.5, 0.6) is 0 Å². The first-order valence-electron chi connectivity index (χ1n) is 4.40. The van der Waals surface area contributed by atoms with Gasteiger partial charge in [-0.25, -0.2) is 9.97 Å². The first-order valence-corrected chi connectivity index (χ1v) is 6.04. The molecule has 1 N–H and O–H groups in total. The molecule has 2 aromatic heterocycles. The van der Waals surface area contributed by atoms with E-state index in [1.54, 1.807) is 18.5 Å². The van der Waals surface area contributed by atoms with Gasteiger partial charge >= 0.3 is 0 Å². The summed E-state index contributed by atoms with van der Waals surface area (Å²) >= 11 is 2.92. The number of hydrogen-bond acceptors (Lipinski definition) is 7. The minimum Gasteiger partial charge on any atom is -0.360 e. The van der Waals surface area contributed by atoms with Crippen LogP contribution in [0.25, 0.3) is 0 Å². The molecule has 0 spiro atoms. The molecule has 5 nitrogen and oxygen atoms in total. The van der Waals surface area contributed by atoms with Crippen molar-refractivity contribution in [3.63, 3.8) is 0 Å². The number of aromatic nitrogens is 4. The van der Waals surface area contributed by atoms with Gasteiger partial charge in [0.2, 0.25) is 5.13 Å². The molecule has 0 saturated heterocycles. The number of hydrogen-bond donors (Lipinski definition) is 1. The highest BCUT2D eigenvalue weighted by Crippen LogP contribution is 2.28. The summed E-state index contributed by atoms with van der Waals surface area (Å²) in [5.41, 5.74) is 0. The molecular formula is C8H9N5S2. The summed E-state index contributed by atoms with van der Waals surface area (Å²) in [7, 11) is 0. The van der Waals surface area contributed by atoms with Gasteiger partial charge in [0.25, 0.3) is 0 Å². The molecule has 0 unspecified atom stereocenters. The highest BCUT2D eigenvalue weighted by Gasteiger charge is 2.06. The Kier molecular flexibility index (Phi) is 3.46. The summed E-state index contributed by atoms with van der Waals surface area (Å²) < 4.78 is 0.845. The topological polar surface area (TPSA) is 63.6 Å². The maximum absolute atomic E-state index is 4.10. The summed E-state index contributed by atoms with van der Waals surface area (Å²) in [6, 6.07) is 1.79. The summed E-state index contributed by atoms with van der Waals surface area (Å²) in [5, 5.41) is 12.6. The SMILES string of the molecule is CCNc1nnc(Sc2ncccn2)s1. The van der Waals surface area contributed by atoms with Crippen LogP contribution in [0.15, 0.2) is 28.0 Å². The van der Waals surface area contributed by atoms with Crippen LogP contribution in [0.3, 0.4) is 0 Å². The minimum absolute atomic E-state index is 0.691. The van der Waals surface area contributed by atoms with E-state index < -0.39 is 0 Å². The maximum atomic E-state index is 4.10. The van der Waals surface area contributed by atoms with Crippen molar-refractivity contribution < 1.29 is 0 Å². The molecule has 2 rings (SSSR count). The number of nitrogens with zero attached hydrogens (tertiary/aromatic N) is 4. The van der Waals surface area contributed by atoms with E-state index in [9.17, 15) is 0 Å². The first kappa shape index (κ1) is 10.3. The number of nitrogens with one attached hydrogen (secondary N) is 1. The zero-order valence-corrected chi connectivity index (χ0v) is 9.68. The van der Waals surface area contributed by atoms with Gasteiger partial charge in [-0.15, -0.1) is 10.2 Å². The quantitative estimate of drug-likeness (QED) is 0.822. The fraction of sp³-hybridized carbons (Fsp3) is 0.250. The Morgan fingerprint density at radius 3 is 2.87 bits per heavy atom. The van der Waals surface area contributed by atoms with Crippen LogP contribution >= 0.6 is 23.1 Å². The highest BCUT2D eigenvalue weighted by molar-refractivity contribution is 8.00. The fourth-order valence-corrected chi connectivity index (χ4v) is 2.53. The Morgan fingerprint density at radius 1 is 1.33 bits per heavy atom. The van der Waals surface area contributed by atoms with Crippen molar-refractivity contribution in [2.45, 2.75) is 16.4 Å². The van der Waals surface area contributed by atoms with Crippen LogP contribution in [0.1, 0.15) is 6.92 Å². The van der Waals surface area contributed by atoms with E-state index in [0.717, 1.165) is 16.0 Å². The molecule has 78 valence electrons. The Hall–Kier alpha value is -1.21. The molecular weight excluding hydrogens is 230 g/mol. The van der Waals surface area contributed by atoms with E-state index in [0.29, 0.717) is 5.16 Å². The number of rotatable bonds is 4. The van der Waals surface area contributed by atoms with Gasteiger partial charge in [0.15, 0.2) is 9.50 Å². The standard InChI is InChI=1S/C8H9N5S2/c1-2-9-7-12-13-8(15-7)14-6-10-4-3-5-11-6/h3-5H,2H2,1H3,(H,9,12). The predicted molar refractivity (Wildman–Crippen MR) is 60.2 cm³/mol. The van der Waals surface area contributed by atoms with Crippen LogP contribution in [0, 0.1) is 0 Å². The van der Waals surface area contributed by atoms with Crippen LogP contribution in [0.4, 0.5) is 5.13 Å². The van der Waals surface area contributed by atoms with Gasteiger partial charge in [-0.05, 0) is 24.8 Å². The Morgan fingerprint density at radius 2 is 2.13 bits per heavy atom. The second kappa shape index (κ2) is 5.04. The van der Waals surface area contributed by atoms with Crippen LogP contribution in [-0.4, -0.2) is 26.7 Å².